The average Bonchev–Trinajstić information content (AvgIpc) is 2.26. The SMILES string of the molecule is CCCC.COP(=O)(OC)C(O)C(Cl)(Cl)Cl. The van der Waals surface area contributed by atoms with Crippen LogP contribution < -0.4 is 0 Å². The Kier molecular flexibility index (Phi) is 10.8. The molecule has 0 spiro atoms. The van der Waals surface area contributed by atoms with E-state index in [9.17, 15) is 9.67 Å². The molecule has 1 atom stereocenters. The Hall–Kier alpha value is 0.980. The maximum Gasteiger partial charge on any atom is 0.362 e. The third-order valence-corrected chi connectivity index (χ3v) is 4.68. The van der Waals surface area contributed by atoms with E-state index < -0.39 is 17.2 Å². The van der Waals surface area contributed by atoms with Crippen molar-refractivity contribution in [3.8, 4) is 0 Å². The molecule has 0 fully saturated rings. The van der Waals surface area contributed by atoms with Gasteiger partial charge in [0.25, 0.3) is 0 Å². The van der Waals surface area contributed by atoms with E-state index in [0.717, 1.165) is 14.2 Å². The van der Waals surface area contributed by atoms with Gasteiger partial charge >= 0.3 is 7.60 Å². The summed E-state index contributed by atoms with van der Waals surface area (Å²) in [6.45, 7) is 4.36. The molecule has 4 nitrogen and oxygen atoms in total. The normalized spacial score (nSPS) is 14.0. The van der Waals surface area contributed by atoms with Crippen molar-refractivity contribution in [1.82, 2.24) is 0 Å². The second kappa shape index (κ2) is 8.98. The molecule has 1 N–H and O–H groups in total. The topological polar surface area (TPSA) is 55.8 Å². The van der Waals surface area contributed by atoms with Gasteiger partial charge in [0.15, 0.2) is 0 Å². The van der Waals surface area contributed by atoms with Gasteiger partial charge in [-0.2, -0.15) is 0 Å². The summed E-state index contributed by atoms with van der Waals surface area (Å²) in [5, 5.41) is 9.20. The highest BCUT2D eigenvalue weighted by molar-refractivity contribution is 7.54. The molecule has 0 amide bonds. The van der Waals surface area contributed by atoms with Crippen LogP contribution in [0.3, 0.4) is 0 Å². The van der Waals surface area contributed by atoms with Crippen molar-refractivity contribution in [2.45, 2.75) is 36.3 Å². The van der Waals surface area contributed by atoms with E-state index in [-0.39, 0.29) is 0 Å². The lowest BCUT2D eigenvalue weighted by atomic mass is 10.4. The monoisotopic (exact) mass is 314 g/mol. The molecule has 0 radical (unpaired) electrons. The first kappa shape index (κ1) is 19.3. The summed E-state index contributed by atoms with van der Waals surface area (Å²) in [5.74, 6) is -1.80. The molecule has 0 saturated carbocycles. The van der Waals surface area contributed by atoms with Crippen LogP contribution in [0.1, 0.15) is 26.7 Å². The number of alkyl halides is 3. The van der Waals surface area contributed by atoms with Crippen LogP contribution in [-0.2, 0) is 13.6 Å². The highest BCUT2D eigenvalue weighted by Gasteiger charge is 2.46. The molecule has 0 aromatic heterocycles. The molecule has 0 aliphatic heterocycles. The smallest absolute Gasteiger partial charge is 0.362 e. The molecule has 1 unspecified atom stereocenters. The first-order chi connectivity index (χ1) is 7.19. The van der Waals surface area contributed by atoms with Crippen molar-refractivity contribution < 1.29 is 18.7 Å². The predicted octanol–water partition coefficient (Wildman–Crippen LogP) is 3.97. The lowest BCUT2D eigenvalue weighted by molar-refractivity contribution is 0.176. The van der Waals surface area contributed by atoms with Crippen LogP contribution in [0.2, 0.25) is 0 Å². The molecule has 0 bridgehead atoms. The highest BCUT2D eigenvalue weighted by atomic mass is 35.6. The predicted molar refractivity (Wildman–Crippen MR) is 68.5 cm³/mol. The summed E-state index contributed by atoms with van der Waals surface area (Å²) < 4.78 is 18.1. The van der Waals surface area contributed by atoms with Crippen LogP contribution >= 0.6 is 42.4 Å². The van der Waals surface area contributed by atoms with Gasteiger partial charge in [-0.3, -0.25) is 4.57 Å². The van der Waals surface area contributed by atoms with Gasteiger partial charge < -0.3 is 14.2 Å². The Morgan fingerprint density at radius 3 is 1.56 bits per heavy atom. The molecule has 0 aliphatic rings. The maximum atomic E-state index is 11.3. The molecule has 100 valence electrons. The van der Waals surface area contributed by atoms with E-state index in [0.29, 0.717) is 0 Å². The molecule has 0 rings (SSSR count). The van der Waals surface area contributed by atoms with E-state index in [1.165, 1.54) is 12.8 Å². The van der Waals surface area contributed by atoms with Crippen molar-refractivity contribution in [3.63, 3.8) is 0 Å². The number of unbranched alkanes of at least 4 members (excludes halogenated alkanes) is 1. The van der Waals surface area contributed by atoms with Crippen molar-refractivity contribution in [3.05, 3.63) is 0 Å². The summed E-state index contributed by atoms with van der Waals surface area (Å²) in [4.78, 5) is 0. The molecular formula is C8H18Cl3O4P. The van der Waals surface area contributed by atoms with Gasteiger partial charge in [0.1, 0.15) is 0 Å². The lowest BCUT2D eigenvalue weighted by Crippen LogP contribution is -2.26. The van der Waals surface area contributed by atoms with Crippen molar-refractivity contribution in [2.75, 3.05) is 14.2 Å². The average molecular weight is 316 g/mol. The van der Waals surface area contributed by atoms with Crippen molar-refractivity contribution >= 4 is 42.4 Å². The zero-order valence-corrected chi connectivity index (χ0v) is 12.9. The first-order valence-electron chi connectivity index (χ1n) is 4.65. The minimum Gasteiger partial charge on any atom is -0.377 e. The molecule has 0 saturated heterocycles. The highest BCUT2D eigenvalue weighted by Crippen LogP contribution is 2.57. The zero-order valence-electron chi connectivity index (χ0n) is 9.74. The van der Waals surface area contributed by atoms with E-state index in [1.807, 2.05) is 0 Å². The third-order valence-electron chi connectivity index (χ3n) is 1.60. The van der Waals surface area contributed by atoms with Crippen LogP contribution in [-0.4, -0.2) is 29.0 Å². The van der Waals surface area contributed by atoms with E-state index in [4.69, 9.17) is 34.8 Å². The van der Waals surface area contributed by atoms with Crippen LogP contribution in [0, 0.1) is 0 Å². The van der Waals surface area contributed by atoms with Crippen LogP contribution in [0.4, 0.5) is 0 Å². The summed E-state index contributed by atoms with van der Waals surface area (Å²) in [5.41, 5.74) is 0. The zero-order chi connectivity index (χ0) is 13.4. The Morgan fingerprint density at radius 1 is 1.19 bits per heavy atom. The van der Waals surface area contributed by atoms with Gasteiger partial charge in [-0.05, 0) is 0 Å². The van der Waals surface area contributed by atoms with E-state index in [2.05, 4.69) is 22.9 Å². The molecule has 0 heterocycles. The fourth-order valence-corrected chi connectivity index (χ4v) is 2.44. The maximum absolute atomic E-state index is 11.3. The molecule has 0 aromatic rings. The Bertz CT molecular complexity index is 210. The van der Waals surface area contributed by atoms with Crippen molar-refractivity contribution in [2.24, 2.45) is 0 Å². The summed E-state index contributed by atoms with van der Waals surface area (Å²) >= 11 is 15.8. The van der Waals surface area contributed by atoms with Gasteiger partial charge in [0.05, 0.1) is 0 Å². The van der Waals surface area contributed by atoms with E-state index >= 15 is 0 Å². The second-order valence-corrected chi connectivity index (χ2v) is 7.49. The largest absolute Gasteiger partial charge is 0.377 e. The number of rotatable bonds is 4. The molecular weight excluding hydrogens is 297 g/mol. The quantitative estimate of drug-likeness (QED) is 0.630. The van der Waals surface area contributed by atoms with Gasteiger partial charge in [-0.25, -0.2) is 0 Å². The first-order valence-corrected chi connectivity index (χ1v) is 7.40. The van der Waals surface area contributed by atoms with Crippen LogP contribution in [0.15, 0.2) is 0 Å². The number of hydrogen-bond acceptors (Lipinski definition) is 4. The summed E-state index contributed by atoms with van der Waals surface area (Å²) in [6, 6.07) is 0. The Labute approximate surface area is 112 Å². The molecule has 16 heavy (non-hydrogen) atoms. The molecule has 8 heteroatoms. The fraction of sp³-hybridized carbons (Fsp3) is 1.00. The molecule has 0 aliphatic carbocycles. The van der Waals surface area contributed by atoms with Gasteiger partial charge in [0, 0.05) is 14.2 Å². The minimum atomic E-state index is -3.73. The number of halogens is 3. The number of aliphatic hydroxyl groups is 1. The standard InChI is InChI=1S/C4H8Cl3O4P.C4H10/c1-10-12(9,11-2)3(8)4(5,6)7;1-3-4-2/h3,8H,1-2H3;3-4H2,1-2H3. The van der Waals surface area contributed by atoms with Crippen LogP contribution in [0.25, 0.3) is 0 Å². The summed E-state index contributed by atoms with van der Waals surface area (Å²) in [7, 11) is -1.56. The van der Waals surface area contributed by atoms with Gasteiger partial charge in [-0.1, -0.05) is 61.5 Å². The minimum absolute atomic E-state index is 1.09. The van der Waals surface area contributed by atoms with Crippen molar-refractivity contribution in [1.29, 1.82) is 0 Å². The summed E-state index contributed by atoms with van der Waals surface area (Å²) in [6.07, 6.45) is 2.64. The second-order valence-electron chi connectivity index (χ2n) is 2.82. The lowest BCUT2D eigenvalue weighted by Gasteiger charge is -2.24. The van der Waals surface area contributed by atoms with E-state index in [1.54, 1.807) is 0 Å². The van der Waals surface area contributed by atoms with Gasteiger partial charge in [0.2, 0.25) is 9.64 Å². The number of hydrogen-bond donors (Lipinski definition) is 1. The molecule has 0 aromatic carbocycles. The van der Waals surface area contributed by atoms with Crippen LogP contribution in [0.5, 0.6) is 0 Å². The Balaban J connectivity index is 0. The number of aliphatic hydroxyl groups excluding tert-OH is 1. The Morgan fingerprint density at radius 2 is 1.50 bits per heavy atom. The van der Waals surface area contributed by atoms with Gasteiger partial charge in [-0.15, -0.1) is 0 Å². The third kappa shape index (κ3) is 7.33. The fourth-order valence-electron chi connectivity index (χ4n) is 0.454.